The molecule has 0 spiro atoms. The summed E-state index contributed by atoms with van der Waals surface area (Å²) in [5.74, 6) is 0. The molecule has 12 aromatic rings. The van der Waals surface area contributed by atoms with Crippen molar-refractivity contribution in [2.24, 2.45) is 0 Å². The minimum absolute atomic E-state index is 0.872. The van der Waals surface area contributed by atoms with Gasteiger partial charge < -0.3 is 13.3 Å². The van der Waals surface area contributed by atoms with Crippen LogP contribution >= 0.6 is 0 Å². The van der Waals surface area contributed by atoms with Crippen molar-refractivity contribution in [3.63, 3.8) is 0 Å². The summed E-state index contributed by atoms with van der Waals surface area (Å²) in [4.78, 5) is 0. The van der Waals surface area contributed by atoms with E-state index in [-0.39, 0.29) is 0 Å². The Morgan fingerprint density at radius 3 is 1.26 bits per heavy atom. The molecule has 0 saturated carbocycles. The average molecular weight is 677 g/mol. The first kappa shape index (κ1) is 28.6. The summed E-state index contributed by atoms with van der Waals surface area (Å²) in [6.07, 6.45) is 0. The first-order valence-electron chi connectivity index (χ1n) is 18.0. The predicted molar refractivity (Wildman–Crippen MR) is 220 cm³/mol. The third-order valence-electron chi connectivity index (χ3n) is 11.1. The van der Waals surface area contributed by atoms with Gasteiger partial charge in [-0.3, -0.25) is 0 Å². The highest BCUT2D eigenvalue weighted by molar-refractivity contribution is 6.26. The van der Waals surface area contributed by atoms with Crippen molar-refractivity contribution in [1.29, 1.82) is 0 Å². The van der Waals surface area contributed by atoms with Crippen LogP contribution in [0.4, 0.5) is 0 Å². The zero-order valence-electron chi connectivity index (χ0n) is 28.4. The molecule has 0 aliphatic heterocycles. The molecule has 0 N–H and O–H groups in total. The van der Waals surface area contributed by atoms with Crippen LogP contribution < -0.4 is 0 Å². The Morgan fingerprint density at radius 2 is 0.679 bits per heavy atom. The van der Waals surface area contributed by atoms with E-state index in [2.05, 4.69) is 140 Å². The molecule has 9 aromatic carbocycles. The molecule has 0 aliphatic rings. The third kappa shape index (κ3) is 4.05. The van der Waals surface area contributed by atoms with Gasteiger partial charge in [-0.2, -0.15) is 0 Å². The molecule has 0 saturated heterocycles. The Hall–Kier alpha value is -7.10. The minimum atomic E-state index is 0.872. The second-order valence-corrected chi connectivity index (χ2v) is 13.9. The summed E-state index contributed by atoms with van der Waals surface area (Å²) in [6.45, 7) is 0. The number of para-hydroxylation sites is 3. The first-order valence-corrected chi connectivity index (χ1v) is 18.0. The second-order valence-electron chi connectivity index (χ2n) is 13.9. The fraction of sp³-hybridized carbons (Fsp3) is 0. The van der Waals surface area contributed by atoms with E-state index in [1.165, 1.54) is 32.7 Å². The molecule has 0 amide bonds. The van der Waals surface area contributed by atoms with Gasteiger partial charge in [0.2, 0.25) is 0 Å². The molecule has 3 nitrogen and oxygen atoms in total. The van der Waals surface area contributed by atoms with Gasteiger partial charge in [-0.15, -0.1) is 0 Å². The standard InChI is InChI=1S/C50H28O3/c1-3-15-36-34(13-1)47(30-22-26-46-41(28-30)33-12-6-9-19-43(33)52-46)35-14-2-4-16-37(35)48(36)39-24-23-31(49-38-17-7-10-20-44(38)53-50(39)49)29-21-25-45-40(27-29)32-11-5-8-18-42(32)51-45/h1-28H. The molecule has 0 atom stereocenters. The van der Waals surface area contributed by atoms with Gasteiger partial charge in [-0.1, -0.05) is 121 Å². The summed E-state index contributed by atoms with van der Waals surface area (Å²) in [6, 6.07) is 60.2. The summed E-state index contributed by atoms with van der Waals surface area (Å²) in [5.41, 5.74) is 12.2. The van der Waals surface area contributed by atoms with Crippen LogP contribution in [-0.4, -0.2) is 0 Å². The Bertz CT molecular complexity index is 3410. The van der Waals surface area contributed by atoms with E-state index >= 15 is 0 Å². The molecule has 246 valence electrons. The lowest BCUT2D eigenvalue weighted by Gasteiger charge is -2.18. The number of benzene rings is 9. The molecule has 0 aliphatic carbocycles. The van der Waals surface area contributed by atoms with E-state index in [4.69, 9.17) is 13.3 Å². The molecule has 0 fully saturated rings. The molecule has 12 rings (SSSR count). The van der Waals surface area contributed by atoms with Crippen molar-refractivity contribution in [2.75, 3.05) is 0 Å². The Balaban J connectivity index is 1.15. The number of hydrogen-bond acceptors (Lipinski definition) is 3. The molecule has 0 bridgehead atoms. The molecular weight excluding hydrogens is 649 g/mol. The Labute approximate surface area is 302 Å². The van der Waals surface area contributed by atoms with Crippen LogP contribution in [0.1, 0.15) is 0 Å². The van der Waals surface area contributed by atoms with E-state index in [0.717, 1.165) is 88.1 Å². The normalized spacial score (nSPS) is 12.2. The van der Waals surface area contributed by atoms with Gasteiger partial charge in [-0.05, 0) is 92.3 Å². The van der Waals surface area contributed by atoms with Gasteiger partial charge in [0.1, 0.15) is 33.5 Å². The molecule has 0 radical (unpaired) electrons. The molecule has 0 unspecified atom stereocenters. The maximum atomic E-state index is 6.91. The lowest BCUT2D eigenvalue weighted by atomic mass is 9.84. The SMILES string of the molecule is c1ccc2c(c1)oc1ccc(-c3c4ccccc4c(-c4ccc(-c5ccc6oc7ccccc7c6c5)c5c4oc4ccccc45)c4ccccc34)cc12. The van der Waals surface area contributed by atoms with Gasteiger partial charge in [0, 0.05) is 43.4 Å². The quantitative estimate of drug-likeness (QED) is 0.175. The second kappa shape index (κ2) is 10.7. The number of hydrogen-bond donors (Lipinski definition) is 0. The van der Waals surface area contributed by atoms with E-state index in [0.29, 0.717) is 0 Å². The largest absolute Gasteiger partial charge is 0.456 e. The third-order valence-corrected chi connectivity index (χ3v) is 11.1. The van der Waals surface area contributed by atoms with Crippen LogP contribution in [0.3, 0.4) is 0 Å². The van der Waals surface area contributed by atoms with E-state index < -0.39 is 0 Å². The molecule has 3 aromatic heterocycles. The number of fused-ring (bicyclic) bond motifs is 11. The zero-order chi connectivity index (χ0) is 34.6. The average Bonchev–Trinajstić information content (AvgIpc) is 3.91. The molecule has 3 heteroatoms. The van der Waals surface area contributed by atoms with Crippen molar-refractivity contribution in [2.45, 2.75) is 0 Å². The lowest BCUT2D eigenvalue weighted by Crippen LogP contribution is -1.92. The highest BCUT2D eigenvalue weighted by atomic mass is 16.3. The van der Waals surface area contributed by atoms with Crippen LogP contribution in [0.25, 0.3) is 121 Å². The van der Waals surface area contributed by atoms with Crippen LogP contribution in [-0.2, 0) is 0 Å². The first-order chi connectivity index (χ1) is 26.3. The van der Waals surface area contributed by atoms with Gasteiger partial charge in [0.25, 0.3) is 0 Å². The van der Waals surface area contributed by atoms with Gasteiger partial charge in [-0.25, -0.2) is 0 Å². The summed E-state index contributed by atoms with van der Waals surface area (Å²) in [5, 5.41) is 11.4. The van der Waals surface area contributed by atoms with Gasteiger partial charge in [0.05, 0.1) is 0 Å². The number of furan rings is 3. The van der Waals surface area contributed by atoms with Crippen LogP contribution in [0.15, 0.2) is 183 Å². The smallest absolute Gasteiger partial charge is 0.143 e. The minimum Gasteiger partial charge on any atom is -0.456 e. The maximum Gasteiger partial charge on any atom is 0.143 e. The van der Waals surface area contributed by atoms with Crippen LogP contribution in [0.5, 0.6) is 0 Å². The fourth-order valence-electron chi connectivity index (χ4n) is 8.77. The number of rotatable bonds is 3. The predicted octanol–water partition coefficient (Wildman–Crippen LogP) is 14.7. The summed E-state index contributed by atoms with van der Waals surface area (Å²) >= 11 is 0. The molecular formula is C50H28O3. The lowest BCUT2D eigenvalue weighted by molar-refractivity contribution is 0.668. The maximum absolute atomic E-state index is 6.91. The summed E-state index contributed by atoms with van der Waals surface area (Å²) in [7, 11) is 0. The Kier molecular flexibility index (Phi) is 5.77. The van der Waals surface area contributed by atoms with Crippen molar-refractivity contribution < 1.29 is 13.3 Å². The van der Waals surface area contributed by atoms with Crippen molar-refractivity contribution in [3.8, 4) is 33.4 Å². The molecule has 3 heterocycles. The van der Waals surface area contributed by atoms with Gasteiger partial charge in [0.15, 0.2) is 0 Å². The Morgan fingerprint density at radius 1 is 0.264 bits per heavy atom. The fourth-order valence-corrected chi connectivity index (χ4v) is 8.77. The summed E-state index contributed by atoms with van der Waals surface area (Å²) < 4.78 is 19.3. The van der Waals surface area contributed by atoms with Crippen molar-refractivity contribution in [3.05, 3.63) is 170 Å². The van der Waals surface area contributed by atoms with Crippen LogP contribution in [0, 0.1) is 0 Å². The van der Waals surface area contributed by atoms with E-state index in [9.17, 15) is 0 Å². The topological polar surface area (TPSA) is 39.4 Å². The van der Waals surface area contributed by atoms with E-state index in [1.54, 1.807) is 0 Å². The van der Waals surface area contributed by atoms with E-state index in [1.807, 2.05) is 30.3 Å². The van der Waals surface area contributed by atoms with Gasteiger partial charge >= 0.3 is 0 Å². The zero-order valence-corrected chi connectivity index (χ0v) is 28.4. The van der Waals surface area contributed by atoms with Crippen molar-refractivity contribution in [1.82, 2.24) is 0 Å². The van der Waals surface area contributed by atoms with Crippen molar-refractivity contribution >= 4 is 87.4 Å². The molecule has 53 heavy (non-hydrogen) atoms. The highest BCUT2D eigenvalue weighted by Crippen LogP contribution is 2.49. The van der Waals surface area contributed by atoms with Crippen LogP contribution in [0.2, 0.25) is 0 Å². The monoisotopic (exact) mass is 676 g/mol. The highest BCUT2D eigenvalue weighted by Gasteiger charge is 2.23.